The van der Waals surface area contributed by atoms with Crippen LogP contribution in [0.25, 0.3) is 10.3 Å². The molecule has 174 valence electrons. The second-order valence-corrected chi connectivity index (χ2v) is 10.9. The normalized spacial score (nSPS) is 17.5. The molecule has 0 atom stereocenters. The second-order valence-electron chi connectivity index (χ2n) is 9.86. The number of unbranched alkanes of at least 4 members (excludes halogenated alkanes) is 7. The lowest BCUT2D eigenvalue weighted by Crippen LogP contribution is -2.00. The highest BCUT2D eigenvalue weighted by Gasteiger charge is 2.17. The lowest BCUT2D eigenvalue weighted by atomic mass is 9.93. The van der Waals surface area contributed by atoms with E-state index in [2.05, 4.69) is 19.1 Å². The lowest BCUT2D eigenvalue weighted by molar-refractivity contribution is 0.466. The van der Waals surface area contributed by atoms with Crippen LogP contribution in [-0.2, 0) is 6.42 Å². The van der Waals surface area contributed by atoms with Gasteiger partial charge in [-0.1, -0.05) is 110 Å². The number of nitrogens with zero attached hydrogens (tertiary/aromatic N) is 2. The van der Waals surface area contributed by atoms with Gasteiger partial charge in [0.25, 0.3) is 0 Å². The third-order valence-electron chi connectivity index (χ3n) is 7.07. The summed E-state index contributed by atoms with van der Waals surface area (Å²) >= 11 is 1.92. The molecule has 2 aromatic heterocycles. The maximum atomic E-state index is 5.06. The zero-order valence-electron chi connectivity index (χ0n) is 20.2. The van der Waals surface area contributed by atoms with Crippen molar-refractivity contribution < 1.29 is 0 Å². The van der Waals surface area contributed by atoms with Crippen molar-refractivity contribution in [1.82, 2.24) is 9.97 Å². The molecular formula is C28H46N2S. The van der Waals surface area contributed by atoms with Crippen LogP contribution in [0.15, 0.2) is 12.1 Å². The van der Waals surface area contributed by atoms with Crippen LogP contribution < -0.4 is 0 Å². The Morgan fingerprint density at radius 1 is 0.710 bits per heavy atom. The molecule has 0 radical (unpaired) electrons. The summed E-state index contributed by atoms with van der Waals surface area (Å²) in [6.07, 6.45) is 27.5. The van der Waals surface area contributed by atoms with E-state index >= 15 is 0 Å². The Balaban J connectivity index is 1.49. The second kappa shape index (κ2) is 15.0. The molecule has 0 aliphatic heterocycles. The van der Waals surface area contributed by atoms with Gasteiger partial charge in [0.05, 0.1) is 9.71 Å². The molecule has 3 rings (SSSR count). The Bertz CT molecular complexity index is 711. The number of aromatic nitrogens is 2. The van der Waals surface area contributed by atoms with Gasteiger partial charge in [0.1, 0.15) is 0 Å². The first kappa shape index (κ1) is 24.7. The minimum absolute atomic E-state index is 0.662. The molecule has 1 aliphatic carbocycles. The Hall–Kier alpha value is -0.960. The van der Waals surface area contributed by atoms with Crippen molar-refractivity contribution in [1.29, 1.82) is 0 Å². The number of rotatable bonds is 10. The van der Waals surface area contributed by atoms with Crippen molar-refractivity contribution in [3.63, 3.8) is 0 Å². The van der Waals surface area contributed by atoms with Crippen LogP contribution in [0.5, 0.6) is 0 Å². The third-order valence-corrected chi connectivity index (χ3v) is 8.24. The molecule has 0 N–H and O–H groups in total. The highest BCUT2D eigenvalue weighted by molar-refractivity contribution is 7.18. The molecule has 2 heterocycles. The van der Waals surface area contributed by atoms with Crippen LogP contribution in [0.4, 0.5) is 0 Å². The fourth-order valence-electron chi connectivity index (χ4n) is 5.04. The molecule has 0 amide bonds. The van der Waals surface area contributed by atoms with Crippen molar-refractivity contribution in [2.75, 3.05) is 0 Å². The van der Waals surface area contributed by atoms with Gasteiger partial charge in [-0.15, -0.1) is 11.3 Å². The first-order valence-corrected chi connectivity index (χ1v) is 14.4. The summed E-state index contributed by atoms with van der Waals surface area (Å²) < 4.78 is 1.29. The maximum absolute atomic E-state index is 5.06. The molecule has 0 spiro atoms. The minimum atomic E-state index is 0.662. The Morgan fingerprint density at radius 3 is 1.94 bits per heavy atom. The van der Waals surface area contributed by atoms with Crippen LogP contribution in [-0.4, -0.2) is 9.97 Å². The summed E-state index contributed by atoms with van der Waals surface area (Å²) in [7, 11) is 0. The predicted octanol–water partition coefficient (Wildman–Crippen LogP) is 9.76. The van der Waals surface area contributed by atoms with Crippen LogP contribution in [0, 0.1) is 0 Å². The van der Waals surface area contributed by atoms with E-state index in [1.807, 2.05) is 11.3 Å². The average Bonchev–Trinajstić information content (AvgIpc) is 3.19. The van der Waals surface area contributed by atoms with E-state index in [1.54, 1.807) is 0 Å². The zero-order valence-corrected chi connectivity index (χ0v) is 21.0. The Kier molecular flexibility index (Phi) is 11.9. The summed E-state index contributed by atoms with van der Waals surface area (Å²) in [5.41, 5.74) is 2.26. The van der Waals surface area contributed by atoms with Crippen molar-refractivity contribution >= 4 is 21.7 Å². The van der Waals surface area contributed by atoms with Crippen LogP contribution in [0.1, 0.15) is 146 Å². The van der Waals surface area contributed by atoms with E-state index in [1.165, 1.54) is 137 Å². The molecule has 3 heteroatoms. The number of hydrogen-bond donors (Lipinski definition) is 0. The maximum Gasteiger partial charge on any atom is 0.170 e. The van der Waals surface area contributed by atoms with Crippen molar-refractivity contribution in [3.05, 3.63) is 22.8 Å². The van der Waals surface area contributed by atoms with Crippen LogP contribution >= 0.6 is 11.3 Å². The van der Waals surface area contributed by atoms with E-state index in [0.717, 1.165) is 12.1 Å². The monoisotopic (exact) mass is 442 g/mol. The molecule has 0 bridgehead atoms. The topological polar surface area (TPSA) is 25.8 Å². The Labute approximate surface area is 195 Å². The van der Waals surface area contributed by atoms with Crippen molar-refractivity contribution in [2.45, 2.75) is 141 Å². The minimum Gasteiger partial charge on any atom is -0.232 e. The highest BCUT2D eigenvalue weighted by Crippen LogP contribution is 2.34. The van der Waals surface area contributed by atoms with E-state index in [9.17, 15) is 0 Å². The summed E-state index contributed by atoms with van der Waals surface area (Å²) in [5, 5.41) is 1.36. The summed E-state index contributed by atoms with van der Waals surface area (Å²) in [5.74, 6) is 0.662. The van der Waals surface area contributed by atoms with E-state index in [4.69, 9.17) is 9.97 Å². The lowest BCUT2D eigenvalue weighted by Gasteiger charge is -2.15. The summed E-state index contributed by atoms with van der Waals surface area (Å²) in [6, 6.07) is 4.55. The average molecular weight is 443 g/mol. The van der Waals surface area contributed by atoms with Gasteiger partial charge in [-0.05, 0) is 37.8 Å². The van der Waals surface area contributed by atoms with E-state index in [0.29, 0.717) is 5.92 Å². The van der Waals surface area contributed by atoms with Gasteiger partial charge in [0.15, 0.2) is 5.65 Å². The number of aryl methyl sites for hydroxylation is 1. The fraction of sp³-hybridized carbons (Fsp3) is 0.786. The highest BCUT2D eigenvalue weighted by atomic mass is 32.1. The molecule has 31 heavy (non-hydrogen) atoms. The molecule has 1 saturated carbocycles. The quantitative estimate of drug-likeness (QED) is 0.342. The molecule has 0 unspecified atom stereocenters. The van der Waals surface area contributed by atoms with Gasteiger partial charge in [-0.2, -0.15) is 0 Å². The molecule has 1 fully saturated rings. The van der Waals surface area contributed by atoms with Gasteiger partial charge < -0.3 is 0 Å². The molecule has 0 aromatic carbocycles. The van der Waals surface area contributed by atoms with Gasteiger partial charge >= 0.3 is 0 Å². The molecule has 1 aliphatic rings. The number of pyridine rings is 1. The van der Waals surface area contributed by atoms with Crippen molar-refractivity contribution in [2.24, 2.45) is 0 Å². The summed E-state index contributed by atoms with van der Waals surface area (Å²) in [4.78, 5) is 10.0. The molecule has 2 aromatic rings. The van der Waals surface area contributed by atoms with Gasteiger partial charge in [-0.3, -0.25) is 0 Å². The molecule has 0 saturated heterocycles. The Morgan fingerprint density at radius 2 is 1.29 bits per heavy atom. The zero-order chi connectivity index (χ0) is 21.6. The van der Waals surface area contributed by atoms with E-state index in [-0.39, 0.29) is 0 Å². The van der Waals surface area contributed by atoms with Crippen LogP contribution in [0.2, 0.25) is 0 Å². The van der Waals surface area contributed by atoms with Gasteiger partial charge in [0, 0.05) is 11.6 Å². The van der Waals surface area contributed by atoms with Gasteiger partial charge in [-0.25, -0.2) is 9.97 Å². The number of hydrogen-bond acceptors (Lipinski definition) is 3. The predicted molar refractivity (Wildman–Crippen MR) is 137 cm³/mol. The van der Waals surface area contributed by atoms with Crippen molar-refractivity contribution in [3.8, 4) is 0 Å². The first-order chi connectivity index (χ1) is 15.4. The standard InChI is InChI=1S/C28H46N2S/c1-2-3-4-5-6-12-15-18-21-25-22-23-26-27(29-25)30-28(31-26)24-19-16-13-10-8-7-9-11-14-17-20-24/h22-24H,2-21H2,1H3. The molecular weight excluding hydrogens is 396 g/mol. The largest absolute Gasteiger partial charge is 0.232 e. The first-order valence-electron chi connectivity index (χ1n) is 13.6. The molecule has 2 nitrogen and oxygen atoms in total. The van der Waals surface area contributed by atoms with E-state index < -0.39 is 0 Å². The van der Waals surface area contributed by atoms with Gasteiger partial charge in [0.2, 0.25) is 0 Å². The smallest absolute Gasteiger partial charge is 0.170 e. The number of thiazole rings is 1. The van der Waals surface area contributed by atoms with Crippen LogP contribution in [0.3, 0.4) is 0 Å². The fourth-order valence-corrected chi connectivity index (χ4v) is 6.12. The number of fused-ring (bicyclic) bond motifs is 1. The SMILES string of the molecule is CCCCCCCCCCc1ccc2sc(C3CCCCCCCCCCC3)nc2n1. The summed E-state index contributed by atoms with van der Waals surface area (Å²) in [6.45, 7) is 2.29. The third kappa shape index (κ3) is 9.20.